The second-order valence-corrected chi connectivity index (χ2v) is 10.5. The predicted octanol–water partition coefficient (Wildman–Crippen LogP) is 1.47. The third-order valence-corrected chi connectivity index (χ3v) is 8.98. The highest BCUT2D eigenvalue weighted by Crippen LogP contribution is 2.52. The Morgan fingerprint density at radius 2 is 1.97 bits per heavy atom. The highest BCUT2D eigenvalue weighted by Gasteiger charge is 2.60. The van der Waals surface area contributed by atoms with Crippen molar-refractivity contribution in [2.45, 2.75) is 69.4 Å². The van der Waals surface area contributed by atoms with Crippen molar-refractivity contribution in [2.24, 2.45) is 23.5 Å². The van der Waals surface area contributed by atoms with E-state index in [1.54, 1.807) is 18.7 Å². The number of aliphatic carboxylic acids is 1. The zero-order valence-electron chi connectivity index (χ0n) is 17.3. The molecule has 8 heteroatoms. The molecule has 0 radical (unpaired) electrons. The summed E-state index contributed by atoms with van der Waals surface area (Å²) in [6.45, 7) is 6.44. The summed E-state index contributed by atoms with van der Waals surface area (Å²) < 4.78 is 0. The van der Waals surface area contributed by atoms with Crippen molar-refractivity contribution >= 4 is 23.6 Å². The number of hydrogen-bond acceptors (Lipinski definition) is 6. The molecule has 1 amide bonds. The van der Waals surface area contributed by atoms with E-state index < -0.39 is 18.0 Å². The van der Waals surface area contributed by atoms with Gasteiger partial charge in [-0.3, -0.25) is 9.69 Å². The zero-order valence-corrected chi connectivity index (χ0v) is 18.1. The van der Waals surface area contributed by atoms with Gasteiger partial charge in [-0.2, -0.15) is 0 Å². The molecule has 1 saturated carbocycles. The van der Waals surface area contributed by atoms with Gasteiger partial charge < -0.3 is 20.8 Å². The molecule has 3 aliphatic heterocycles. The number of carboxylic acid groups (broad SMARTS) is 1. The molecule has 4 rings (SSSR count). The molecular formula is C21H33N3O4S. The van der Waals surface area contributed by atoms with E-state index in [-0.39, 0.29) is 23.6 Å². The van der Waals surface area contributed by atoms with Crippen LogP contribution in [0.25, 0.3) is 0 Å². The summed E-state index contributed by atoms with van der Waals surface area (Å²) >= 11 is 1.66. The number of amides is 1. The van der Waals surface area contributed by atoms with Crippen molar-refractivity contribution in [1.82, 2.24) is 9.80 Å². The fourth-order valence-corrected chi connectivity index (χ4v) is 7.29. The second-order valence-electron chi connectivity index (χ2n) is 9.21. The Balaban J connectivity index is 1.43. The molecule has 3 fully saturated rings. The molecule has 0 aromatic rings. The Hall–Kier alpha value is -1.09. The second kappa shape index (κ2) is 8.21. The van der Waals surface area contributed by atoms with Gasteiger partial charge in [0.05, 0.1) is 18.1 Å². The average Bonchev–Trinajstić information content (AvgIpc) is 3.24. The van der Waals surface area contributed by atoms with E-state index in [0.29, 0.717) is 17.2 Å². The number of thioether (sulfide) groups is 1. The number of fused-ring (bicyclic) bond motifs is 1. The van der Waals surface area contributed by atoms with Crippen LogP contribution < -0.4 is 5.73 Å². The van der Waals surface area contributed by atoms with Gasteiger partial charge >= 0.3 is 5.97 Å². The molecule has 0 aromatic carbocycles. The maximum absolute atomic E-state index is 12.5. The van der Waals surface area contributed by atoms with Gasteiger partial charge in [0.25, 0.3) is 0 Å². The van der Waals surface area contributed by atoms with E-state index in [1.165, 1.54) is 30.6 Å². The first-order chi connectivity index (χ1) is 13.8. The van der Waals surface area contributed by atoms with Crippen LogP contribution in [0.1, 0.15) is 46.0 Å². The largest absolute Gasteiger partial charge is 0.477 e. The number of aliphatic hydroxyl groups is 1. The quantitative estimate of drug-likeness (QED) is 0.555. The zero-order chi connectivity index (χ0) is 20.9. The van der Waals surface area contributed by atoms with Crippen LogP contribution in [0, 0.1) is 17.8 Å². The van der Waals surface area contributed by atoms with Crippen molar-refractivity contribution in [3.8, 4) is 0 Å². The average molecular weight is 424 g/mol. The van der Waals surface area contributed by atoms with Gasteiger partial charge in [-0.1, -0.05) is 6.92 Å². The van der Waals surface area contributed by atoms with E-state index in [4.69, 9.17) is 5.73 Å². The van der Waals surface area contributed by atoms with Gasteiger partial charge in [0.15, 0.2) is 0 Å². The monoisotopic (exact) mass is 423 g/mol. The lowest BCUT2D eigenvalue weighted by Gasteiger charge is -2.46. The number of aliphatic hydroxyl groups excluding tert-OH is 1. The van der Waals surface area contributed by atoms with E-state index in [0.717, 1.165) is 31.0 Å². The first-order valence-electron chi connectivity index (χ1n) is 10.9. The minimum Gasteiger partial charge on any atom is -0.477 e. The van der Waals surface area contributed by atoms with Crippen molar-refractivity contribution in [1.29, 1.82) is 0 Å². The maximum Gasteiger partial charge on any atom is 0.353 e. The highest BCUT2D eigenvalue weighted by molar-refractivity contribution is 8.03. The first kappa shape index (κ1) is 21.2. The van der Waals surface area contributed by atoms with Crippen LogP contribution in [0.15, 0.2) is 10.6 Å². The normalized spacial score (nSPS) is 38.9. The molecule has 4 aliphatic rings. The molecule has 0 unspecified atom stereocenters. The standard InChI is InChI=1S/C21H33N3O4S/c1-11-17-16(12(2)25)20(26)24(17)18(21(27)28)19(11)29-15-7-8-23(10-15)14-5-3-13(9-22)4-6-14/h11-17,25H,3-10,22H2,1-2H3,(H,27,28)/t11-,12-,13-,14-,15-,16-,17-/m1/s1. The fraction of sp³-hybridized carbons (Fsp3) is 0.810. The van der Waals surface area contributed by atoms with Gasteiger partial charge in [-0.25, -0.2) is 4.79 Å². The van der Waals surface area contributed by atoms with Crippen molar-refractivity contribution in [2.75, 3.05) is 19.6 Å². The molecule has 3 heterocycles. The van der Waals surface area contributed by atoms with Gasteiger partial charge in [0, 0.05) is 28.7 Å². The van der Waals surface area contributed by atoms with Gasteiger partial charge in [-0.15, -0.1) is 11.8 Å². The van der Waals surface area contributed by atoms with Crippen LogP contribution in [-0.4, -0.2) is 75.0 Å². The number of rotatable bonds is 6. The minimum absolute atomic E-state index is 0.0440. The Morgan fingerprint density at radius 3 is 2.55 bits per heavy atom. The first-order valence-corrected chi connectivity index (χ1v) is 11.8. The Morgan fingerprint density at radius 1 is 1.28 bits per heavy atom. The van der Waals surface area contributed by atoms with Crippen LogP contribution in [0.3, 0.4) is 0 Å². The number of carbonyl (C=O) groups is 2. The number of β-lactam (4-membered cyclic amide) rings is 1. The molecule has 29 heavy (non-hydrogen) atoms. The SMILES string of the molecule is C[C@@H](O)[C@H]1C(=O)N2C(C(=O)O)=C(S[C@@H]3CCN([C@H]4CC[C@H](CN)CC4)C3)[C@H](C)[C@H]12. The topological polar surface area (TPSA) is 107 Å². The third kappa shape index (κ3) is 3.62. The van der Waals surface area contributed by atoms with E-state index in [2.05, 4.69) is 4.90 Å². The molecule has 0 bridgehead atoms. The molecular weight excluding hydrogens is 390 g/mol. The molecule has 0 aromatic heterocycles. The van der Waals surface area contributed by atoms with Crippen LogP contribution in [0.4, 0.5) is 0 Å². The summed E-state index contributed by atoms with van der Waals surface area (Å²) in [5.74, 6) is -1.15. The Kier molecular flexibility index (Phi) is 5.99. The van der Waals surface area contributed by atoms with Crippen LogP contribution >= 0.6 is 11.8 Å². The lowest BCUT2D eigenvalue weighted by atomic mass is 9.79. The highest BCUT2D eigenvalue weighted by atomic mass is 32.2. The fourth-order valence-electron chi connectivity index (χ4n) is 5.79. The minimum atomic E-state index is -1.03. The Labute approximate surface area is 176 Å². The van der Waals surface area contributed by atoms with Crippen LogP contribution in [0.2, 0.25) is 0 Å². The number of hydrogen-bond donors (Lipinski definition) is 3. The summed E-state index contributed by atoms with van der Waals surface area (Å²) in [7, 11) is 0. The summed E-state index contributed by atoms with van der Waals surface area (Å²) in [6.07, 6.45) is 5.12. The molecule has 162 valence electrons. The third-order valence-electron chi connectivity index (χ3n) is 7.45. The molecule has 7 nitrogen and oxygen atoms in total. The van der Waals surface area contributed by atoms with Gasteiger partial charge in [0.2, 0.25) is 5.91 Å². The van der Waals surface area contributed by atoms with Crippen molar-refractivity contribution in [3.05, 3.63) is 10.6 Å². The lowest BCUT2D eigenvalue weighted by Crippen LogP contribution is -2.63. The van der Waals surface area contributed by atoms with Crippen molar-refractivity contribution in [3.63, 3.8) is 0 Å². The number of nitrogens with two attached hydrogens (primary N) is 1. The van der Waals surface area contributed by atoms with E-state index in [9.17, 15) is 19.8 Å². The number of likely N-dealkylation sites (tertiary alicyclic amines) is 1. The van der Waals surface area contributed by atoms with Crippen LogP contribution in [0.5, 0.6) is 0 Å². The summed E-state index contributed by atoms with van der Waals surface area (Å²) in [4.78, 5) is 29.3. The smallest absolute Gasteiger partial charge is 0.353 e. The molecule has 0 spiro atoms. The number of nitrogens with zero attached hydrogens (tertiary/aromatic N) is 2. The predicted molar refractivity (Wildman–Crippen MR) is 112 cm³/mol. The van der Waals surface area contributed by atoms with E-state index >= 15 is 0 Å². The van der Waals surface area contributed by atoms with E-state index in [1.807, 2.05) is 6.92 Å². The number of carbonyl (C=O) groups excluding carboxylic acids is 1. The van der Waals surface area contributed by atoms with Crippen molar-refractivity contribution < 1.29 is 19.8 Å². The molecule has 4 N–H and O–H groups in total. The molecule has 1 aliphatic carbocycles. The summed E-state index contributed by atoms with van der Waals surface area (Å²) in [5.41, 5.74) is 5.97. The number of carboxylic acids is 1. The van der Waals surface area contributed by atoms with Crippen LogP contribution in [-0.2, 0) is 9.59 Å². The van der Waals surface area contributed by atoms with Gasteiger partial charge in [0.1, 0.15) is 5.70 Å². The molecule has 2 saturated heterocycles. The van der Waals surface area contributed by atoms with Gasteiger partial charge in [-0.05, 0) is 58.0 Å². The maximum atomic E-state index is 12.5. The molecule has 5 atom stereocenters. The summed E-state index contributed by atoms with van der Waals surface area (Å²) in [6, 6.07) is 0.401. The Bertz CT molecular complexity index is 704. The summed E-state index contributed by atoms with van der Waals surface area (Å²) in [5, 5.41) is 20.1. The lowest BCUT2D eigenvalue weighted by molar-refractivity contribution is -0.163.